The molecule has 7 aromatic carbocycles. The van der Waals surface area contributed by atoms with Crippen LogP contribution in [0.1, 0.15) is 26.3 Å². The highest BCUT2D eigenvalue weighted by Crippen LogP contribution is 2.42. The molecule has 7 heteroatoms. The van der Waals surface area contributed by atoms with Gasteiger partial charge in [-0.1, -0.05) is 66.7 Å². The minimum atomic E-state index is -0.425. The van der Waals surface area contributed by atoms with Gasteiger partial charge in [0.05, 0.1) is 44.4 Å². The lowest BCUT2D eigenvalue weighted by Crippen LogP contribution is -2.30. The van der Waals surface area contributed by atoms with Crippen LogP contribution in [0.5, 0.6) is 0 Å². The maximum Gasteiger partial charge on any atom is 0.266 e. The van der Waals surface area contributed by atoms with Crippen molar-refractivity contribution in [3.8, 4) is 17.4 Å². The lowest BCUT2D eigenvalue weighted by atomic mass is 10.1. The van der Waals surface area contributed by atoms with Gasteiger partial charge in [-0.25, -0.2) is 4.90 Å². The van der Waals surface area contributed by atoms with E-state index in [2.05, 4.69) is 106 Å². The number of carbonyl (C=O) groups is 2. The normalized spacial score (nSPS) is 13.0. The van der Waals surface area contributed by atoms with E-state index in [0.717, 1.165) is 54.5 Å². The Bertz CT molecular complexity index is 3230. The van der Waals surface area contributed by atoms with Gasteiger partial charge < -0.3 is 9.13 Å². The van der Waals surface area contributed by atoms with Gasteiger partial charge in [0.2, 0.25) is 0 Å². The van der Waals surface area contributed by atoms with E-state index < -0.39 is 11.8 Å². The molecule has 0 unspecified atom stereocenters. The number of anilines is 1. The number of carbonyl (C=O) groups excluding carboxylic acids is 2. The highest BCUT2D eigenvalue weighted by molar-refractivity contribution is 7.25. The summed E-state index contributed by atoms with van der Waals surface area (Å²) in [5.41, 5.74) is 7.21. The number of amides is 2. The molecule has 2 amide bonds. The second-order valence-corrected chi connectivity index (χ2v) is 14.3. The number of thiophene rings is 1. The summed E-state index contributed by atoms with van der Waals surface area (Å²) in [6.07, 6.45) is 0. The minimum absolute atomic E-state index is 0.240. The van der Waals surface area contributed by atoms with Crippen LogP contribution in [0.25, 0.3) is 75.2 Å². The highest BCUT2D eigenvalue weighted by atomic mass is 32.1. The van der Waals surface area contributed by atoms with E-state index in [1.165, 1.54) is 25.6 Å². The number of aromatic nitrogens is 2. The first kappa shape index (κ1) is 28.8. The Morgan fingerprint density at radius 1 is 0.462 bits per heavy atom. The van der Waals surface area contributed by atoms with Crippen LogP contribution in [0, 0.1) is 11.3 Å². The monoisotopic (exact) mass is 684 g/mol. The molecule has 6 nitrogen and oxygen atoms in total. The number of para-hydroxylation sites is 2. The van der Waals surface area contributed by atoms with Crippen molar-refractivity contribution in [3.05, 3.63) is 162 Å². The maximum absolute atomic E-state index is 13.4. The Hall–Kier alpha value is -7.01. The number of fused-ring (bicyclic) bond motifs is 10. The van der Waals surface area contributed by atoms with Crippen LogP contribution in [0.4, 0.5) is 5.69 Å². The number of benzene rings is 7. The van der Waals surface area contributed by atoms with Crippen molar-refractivity contribution in [3.63, 3.8) is 0 Å². The molecular formula is C45H24N4O2S. The van der Waals surface area contributed by atoms with Gasteiger partial charge in [-0.3, -0.25) is 9.59 Å². The summed E-state index contributed by atoms with van der Waals surface area (Å²) in [4.78, 5) is 27.9. The fourth-order valence-corrected chi connectivity index (χ4v) is 9.28. The van der Waals surface area contributed by atoms with Gasteiger partial charge in [0, 0.05) is 53.1 Å². The Balaban J connectivity index is 1.16. The lowest BCUT2D eigenvalue weighted by Gasteiger charge is -2.17. The quantitative estimate of drug-likeness (QED) is 0.174. The van der Waals surface area contributed by atoms with Crippen molar-refractivity contribution in [2.24, 2.45) is 0 Å². The van der Waals surface area contributed by atoms with Crippen molar-refractivity contribution in [2.75, 3.05) is 4.90 Å². The van der Waals surface area contributed by atoms with E-state index in [-0.39, 0.29) is 11.3 Å². The largest absolute Gasteiger partial charge is 0.309 e. The van der Waals surface area contributed by atoms with Gasteiger partial charge in [-0.2, -0.15) is 5.26 Å². The van der Waals surface area contributed by atoms with Gasteiger partial charge in [-0.15, -0.1) is 11.3 Å². The Kier molecular flexibility index (Phi) is 5.81. The topological polar surface area (TPSA) is 71.0 Å². The average molecular weight is 685 g/mol. The summed E-state index contributed by atoms with van der Waals surface area (Å²) in [6.45, 7) is 0. The SMILES string of the molecule is N#Cc1cc(-n2c3ccccc3c3cc4c5ccccc5n(-c5ccc6sc7ccccc7c6c5)c4cc32)ccc1N1C(=O)c2ccccc2C1=O. The van der Waals surface area contributed by atoms with Gasteiger partial charge in [-0.05, 0) is 78.9 Å². The fourth-order valence-electron chi connectivity index (χ4n) is 8.20. The predicted octanol–water partition coefficient (Wildman–Crippen LogP) is 10.9. The predicted molar refractivity (Wildman–Crippen MR) is 210 cm³/mol. The lowest BCUT2D eigenvalue weighted by molar-refractivity contribution is 0.0926. The zero-order valence-electron chi connectivity index (χ0n) is 27.4. The summed E-state index contributed by atoms with van der Waals surface area (Å²) in [5, 5.41) is 17.4. The molecule has 1 aliphatic heterocycles. The Labute approximate surface area is 300 Å². The molecule has 0 radical (unpaired) electrons. The highest BCUT2D eigenvalue weighted by Gasteiger charge is 2.37. The third-order valence-electron chi connectivity index (χ3n) is 10.5. The Morgan fingerprint density at radius 2 is 1.00 bits per heavy atom. The first-order valence-electron chi connectivity index (χ1n) is 17.0. The van der Waals surface area contributed by atoms with E-state index in [0.29, 0.717) is 11.1 Å². The third-order valence-corrected chi connectivity index (χ3v) is 11.6. The molecular weight excluding hydrogens is 661 g/mol. The van der Waals surface area contributed by atoms with Gasteiger partial charge >= 0.3 is 0 Å². The number of rotatable bonds is 3. The first-order valence-corrected chi connectivity index (χ1v) is 17.8. The van der Waals surface area contributed by atoms with Gasteiger partial charge in [0.25, 0.3) is 11.8 Å². The molecule has 242 valence electrons. The van der Waals surface area contributed by atoms with Crippen LogP contribution in [0.15, 0.2) is 146 Å². The summed E-state index contributed by atoms with van der Waals surface area (Å²) in [6, 6.07) is 51.1. The molecule has 0 aliphatic carbocycles. The second-order valence-electron chi connectivity index (χ2n) is 13.2. The molecule has 0 spiro atoms. The van der Waals surface area contributed by atoms with Crippen molar-refractivity contribution in [1.82, 2.24) is 9.13 Å². The number of nitrogens with zero attached hydrogens (tertiary/aromatic N) is 4. The van der Waals surface area contributed by atoms with E-state index in [1.807, 2.05) is 29.5 Å². The Morgan fingerprint density at radius 3 is 1.65 bits per heavy atom. The average Bonchev–Trinajstić information content (AvgIpc) is 3.90. The standard InChI is InChI=1S/C45H24N4O2S/c46-25-26-21-27(17-19-37(26)49-44(50)32-12-1-2-13-33(32)45(49)51)47-38-14-6-3-9-29(38)34-23-35-30-10-4-7-15-39(30)48(41(35)24-40(34)47)28-18-20-43-36(22-28)31-11-5-8-16-42(31)52-43/h1-24H. The number of hydrogen-bond donors (Lipinski definition) is 0. The third kappa shape index (κ3) is 3.81. The molecule has 3 aromatic heterocycles. The van der Waals surface area contributed by atoms with Crippen LogP contribution >= 0.6 is 11.3 Å². The molecule has 4 heterocycles. The summed E-state index contributed by atoms with van der Waals surface area (Å²) in [7, 11) is 0. The van der Waals surface area contributed by atoms with E-state index in [1.54, 1.807) is 36.4 Å². The summed E-state index contributed by atoms with van der Waals surface area (Å²) in [5.74, 6) is -0.851. The second kappa shape index (κ2) is 10.5. The number of imide groups is 1. The minimum Gasteiger partial charge on any atom is -0.309 e. The van der Waals surface area contributed by atoms with Crippen molar-refractivity contribution < 1.29 is 9.59 Å². The summed E-state index contributed by atoms with van der Waals surface area (Å²) >= 11 is 1.81. The van der Waals surface area contributed by atoms with Gasteiger partial charge in [0.15, 0.2) is 0 Å². The van der Waals surface area contributed by atoms with Crippen LogP contribution in [0.2, 0.25) is 0 Å². The molecule has 1 aliphatic rings. The smallest absolute Gasteiger partial charge is 0.266 e. The van der Waals surface area contributed by atoms with Gasteiger partial charge in [0.1, 0.15) is 6.07 Å². The molecule has 0 saturated carbocycles. The summed E-state index contributed by atoms with van der Waals surface area (Å²) < 4.78 is 7.05. The van der Waals surface area contributed by atoms with Crippen LogP contribution in [-0.2, 0) is 0 Å². The molecule has 0 fully saturated rings. The molecule has 0 atom stereocenters. The molecule has 0 saturated heterocycles. The zero-order valence-corrected chi connectivity index (χ0v) is 28.2. The molecule has 0 bridgehead atoms. The van der Waals surface area contributed by atoms with Crippen LogP contribution in [0.3, 0.4) is 0 Å². The molecule has 11 rings (SSSR count). The number of hydrogen-bond acceptors (Lipinski definition) is 4. The van der Waals surface area contributed by atoms with E-state index in [9.17, 15) is 14.9 Å². The zero-order chi connectivity index (χ0) is 34.7. The maximum atomic E-state index is 13.4. The number of nitriles is 1. The van der Waals surface area contributed by atoms with Crippen molar-refractivity contribution >= 4 is 92.6 Å². The fraction of sp³-hybridized carbons (Fsp3) is 0. The van der Waals surface area contributed by atoms with E-state index >= 15 is 0 Å². The first-order chi connectivity index (χ1) is 25.6. The van der Waals surface area contributed by atoms with E-state index in [4.69, 9.17) is 0 Å². The van der Waals surface area contributed by atoms with Crippen LogP contribution in [-0.4, -0.2) is 20.9 Å². The van der Waals surface area contributed by atoms with Crippen molar-refractivity contribution in [1.29, 1.82) is 5.26 Å². The molecule has 10 aromatic rings. The van der Waals surface area contributed by atoms with Crippen LogP contribution < -0.4 is 4.90 Å². The molecule has 52 heavy (non-hydrogen) atoms. The molecule has 0 N–H and O–H groups in total. The van der Waals surface area contributed by atoms with Crippen molar-refractivity contribution in [2.45, 2.75) is 0 Å².